The van der Waals surface area contributed by atoms with Crippen molar-refractivity contribution in [1.82, 2.24) is 10.4 Å². The molecule has 0 saturated carbocycles. The van der Waals surface area contributed by atoms with Gasteiger partial charge < -0.3 is 10.1 Å². The van der Waals surface area contributed by atoms with Crippen molar-refractivity contribution in [3.63, 3.8) is 0 Å². The van der Waals surface area contributed by atoms with E-state index in [0.717, 1.165) is 10.6 Å². The molecule has 1 N–H and O–H groups in total. The van der Waals surface area contributed by atoms with Crippen LogP contribution in [0.2, 0.25) is 5.02 Å². The summed E-state index contributed by atoms with van der Waals surface area (Å²) in [6, 6.07) is 6.24. The molecule has 0 aliphatic rings. The standard InChI is InChI=1S/C16H23ClN2O4/c1-16(2,3)23-15(21)18-13(14(20)19(4)22-5)10-11-6-8-12(17)9-7-11/h6-9,13H,10H2,1-5H3,(H,18,21)/t13-/m0/s1. The summed E-state index contributed by atoms with van der Waals surface area (Å²) in [5.74, 6) is -0.381. The Bertz CT molecular complexity index is 540. The molecule has 6 nitrogen and oxygen atoms in total. The van der Waals surface area contributed by atoms with Crippen LogP contribution in [0.1, 0.15) is 26.3 Å². The van der Waals surface area contributed by atoms with Crippen LogP contribution in [-0.4, -0.2) is 42.9 Å². The number of rotatable bonds is 5. The Hall–Kier alpha value is -1.79. The monoisotopic (exact) mass is 342 g/mol. The molecule has 2 amide bonds. The van der Waals surface area contributed by atoms with Crippen LogP contribution in [-0.2, 0) is 20.8 Å². The highest BCUT2D eigenvalue weighted by molar-refractivity contribution is 6.30. The first-order chi connectivity index (χ1) is 10.6. The fraction of sp³-hybridized carbons (Fsp3) is 0.500. The molecule has 0 fully saturated rings. The lowest BCUT2D eigenvalue weighted by Gasteiger charge is -2.25. The van der Waals surface area contributed by atoms with Gasteiger partial charge in [-0.25, -0.2) is 9.86 Å². The van der Waals surface area contributed by atoms with Gasteiger partial charge in [0.15, 0.2) is 0 Å². The minimum atomic E-state index is -0.809. The summed E-state index contributed by atoms with van der Waals surface area (Å²) in [7, 11) is 2.86. The second-order valence-corrected chi connectivity index (χ2v) is 6.48. The number of likely N-dealkylation sites (N-methyl/N-ethyl adjacent to an activating group) is 1. The highest BCUT2D eigenvalue weighted by Gasteiger charge is 2.27. The van der Waals surface area contributed by atoms with Crippen LogP contribution in [0.5, 0.6) is 0 Å². The van der Waals surface area contributed by atoms with Gasteiger partial charge in [-0.2, -0.15) is 0 Å². The second-order valence-electron chi connectivity index (χ2n) is 6.05. The third-order valence-electron chi connectivity index (χ3n) is 2.93. The minimum absolute atomic E-state index is 0.295. The molecule has 0 aliphatic carbocycles. The molecule has 1 aromatic carbocycles. The number of ether oxygens (including phenoxy) is 1. The minimum Gasteiger partial charge on any atom is -0.444 e. The largest absolute Gasteiger partial charge is 0.444 e. The van der Waals surface area contributed by atoms with Gasteiger partial charge in [-0.3, -0.25) is 9.63 Å². The molecule has 0 saturated heterocycles. The van der Waals surface area contributed by atoms with Crippen molar-refractivity contribution in [3.8, 4) is 0 Å². The number of hydrogen-bond donors (Lipinski definition) is 1. The first-order valence-corrected chi connectivity index (χ1v) is 7.56. The predicted octanol–water partition coefficient (Wildman–Crippen LogP) is 2.80. The third-order valence-corrected chi connectivity index (χ3v) is 3.18. The number of halogens is 1. The van der Waals surface area contributed by atoms with Crippen molar-refractivity contribution in [1.29, 1.82) is 0 Å². The van der Waals surface area contributed by atoms with Gasteiger partial charge in [-0.1, -0.05) is 23.7 Å². The van der Waals surface area contributed by atoms with E-state index in [2.05, 4.69) is 5.32 Å². The summed E-state index contributed by atoms with van der Waals surface area (Å²) in [6.07, 6.45) is -0.363. The molecule has 0 bridgehead atoms. The van der Waals surface area contributed by atoms with Crippen molar-refractivity contribution >= 4 is 23.6 Å². The number of hydrogen-bond acceptors (Lipinski definition) is 4. The molecule has 1 aromatic rings. The normalized spacial score (nSPS) is 12.4. The molecule has 0 aliphatic heterocycles. The van der Waals surface area contributed by atoms with Crippen molar-refractivity contribution in [3.05, 3.63) is 34.9 Å². The Balaban J connectivity index is 2.86. The zero-order valence-electron chi connectivity index (χ0n) is 14.1. The van der Waals surface area contributed by atoms with Crippen LogP contribution < -0.4 is 5.32 Å². The zero-order chi connectivity index (χ0) is 17.6. The summed E-state index contributed by atoms with van der Waals surface area (Å²) in [5, 5.41) is 4.26. The van der Waals surface area contributed by atoms with E-state index >= 15 is 0 Å². The van der Waals surface area contributed by atoms with E-state index in [4.69, 9.17) is 21.2 Å². The lowest BCUT2D eigenvalue weighted by Crippen LogP contribution is -2.49. The van der Waals surface area contributed by atoms with E-state index in [1.807, 2.05) is 0 Å². The van der Waals surface area contributed by atoms with Crippen LogP contribution in [0.4, 0.5) is 4.79 Å². The molecule has 0 heterocycles. The molecule has 0 radical (unpaired) electrons. The van der Waals surface area contributed by atoms with Crippen molar-refractivity contribution < 1.29 is 19.2 Å². The molecule has 128 valence electrons. The van der Waals surface area contributed by atoms with Gasteiger partial charge in [0, 0.05) is 18.5 Å². The third kappa shape index (κ3) is 6.88. The van der Waals surface area contributed by atoms with Crippen molar-refractivity contribution in [2.45, 2.75) is 38.8 Å². The Kier molecular flexibility index (Phi) is 6.84. The van der Waals surface area contributed by atoms with Crippen LogP contribution in [0.25, 0.3) is 0 Å². The maximum absolute atomic E-state index is 12.4. The Labute approximate surface area is 141 Å². The number of carbonyl (C=O) groups excluding carboxylic acids is 2. The van der Waals surface area contributed by atoms with Crippen LogP contribution in [0, 0.1) is 0 Å². The maximum atomic E-state index is 12.4. The molecule has 1 atom stereocenters. The Morgan fingerprint density at radius 3 is 2.30 bits per heavy atom. The van der Waals surface area contributed by atoms with E-state index in [9.17, 15) is 9.59 Å². The molecule has 1 rings (SSSR count). The lowest BCUT2D eigenvalue weighted by molar-refractivity contribution is -0.171. The average Bonchev–Trinajstić information content (AvgIpc) is 2.45. The number of alkyl carbamates (subject to hydrolysis) is 1. The van der Waals surface area contributed by atoms with Gasteiger partial charge in [-0.15, -0.1) is 0 Å². The van der Waals surface area contributed by atoms with E-state index in [0.29, 0.717) is 11.4 Å². The predicted molar refractivity (Wildman–Crippen MR) is 88.1 cm³/mol. The van der Waals surface area contributed by atoms with Crippen LogP contribution in [0.15, 0.2) is 24.3 Å². The fourth-order valence-electron chi connectivity index (χ4n) is 1.82. The SMILES string of the molecule is CON(C)C(=O)[C@H](Cc1ccc(Cl)cc1)NC(=O)OC(C)(C)C. The maximum Gasteiger partial charge on any atom is 0.408 e. The number of nitrogens with zero attached hydrogens (tertiary/aromatic N) is 1. The first-order valence-electron chi connectivity index (χ1n) is 7.18. The fourth-order valence-corrected chi connectivity index (χ4v) is 1.94. The topological polar surface area (TPSA) is 67.9 Å². The van der Waals surface area contributed by atoms with Gasteiger partial charge in [0.2, 0.25) is 0 Å². The molecular formula is C16H23ClN2O4. The smallest absolute Gasteiger partial charge is 0.408 e. The molecular weight excluding hydrogens is 320 g/mol. The summed E-state index contributed by atoms with van der Waals surface area (Å²) in [4.78, 5) is 29.2. The summed E-state index contributed by atoms with van der Waals surface area (Å²) in [6.45, 7) is 5.26. The zero-order valence-corrected chi connectivity index (χ0v) is 14.8. The highest BCUT2D eigenvalue weighted by Crippen LogP contribution is 2.13. The molecule has 0 spiro atoms. The quantitative estimate of drug-likeness (QED) is 0.835. The lowest BCUT2D eigenvalue weighted by atomic mass is 10.1. The molecule has 23 heavy (non-hydrogen) atoms. The number of hydroxylamine groups is 2. The molecule has 7 heteroatoms. The van der Waals surface area contributed by atoms with Crippen molar-refractivity contribution in [2.75, 3.05) is 14.2 Å². The van der Waals surface area contributed by atoms with Gasteiger partial charge >= 0.3 is 6.09 Å². The van der Waals surface area contributed by atoms with Crippen LogP contribution >= 0.6 is 11.6 Å². The molecule has 0 aromatic heterocycles. The van der Waals surface area contributed by atoms with Gasteiger partial charge in [-0.05, 0) is 38.5 Å². The number of carbonyl (C=O) groups is 2. The first kappa shape index (κ1) is 19.3. The van der Waals surface area contributed by atoms with E-state index in [-0.39, 0.29) is 5.91 Å². The second kappa shape index (κ2) is 8.17. The number of amides is 2. The van der Waals surface area contributed by atoms with E-state index in [1.54, 1.807) is 45.0 Å². The van der Waals surface area contributed by atoms with Gasteiger partial charge in [0.25, 0.3) is 5.91 Å². The summed E-state index contributed by atoms with van der Waals surface area (Å²) in [5.41, 5.74) is 0.207. The highest BCUT2D eigenvalue weighted by atomic mass is 35.5. The average molecular weight is 343 g/mol. The summed E-state index contributed by atoms with van der Waals surface area (Å²) < 4.78 is 5.21. The Morgan fingerprint density at radius 1 is 1.26 bits per heavy atom. The number of benzene rings is 1. The van der Waals surface area contributed by atoms with Crippen LogP contribution in [0.3, 0.4) is 0 Å². The van der Waals surface area contributed by atoms with Crippen molar-refractivity contribution in [2.24, 2.45) is 0 Å². The Morgan fingerprint density at radius 2 is 1.83 bits per heavy atom. The van der Waals surface area contributed by atoms with E-state index < -0.39 is 17.7 Å². The van der Waals surface area contributed by atoms with Gasteiger partial charge in [0.1, 0.15) is 11.6 Å². The number of nitrogens with one attached hydrogen (secondary N) is 1. The van der Waals surface area contributed by atoms with Gasteiger partial charge in [0.05, 0.1) is 7.11 Å². The van der Waals surface area contributed by atoms with E-state index in [1.165, 1.54) is 14.2 Å². The molecule has 0 unspecified atom stereocenters. The summed E-state index contributed by atoms with van der Waals surface area (Å²) >= 11 is 5.86.